The van der Waals surface area contributed by atoms with Crippen LogP contribution in [-0.4, -0.2) is 30.1 Å². The first kappa shape index (κ1) is 17.2. The minimum Gasteiger partial charge on any atom is -0.493 e. The normalized spacial score (nSPS) is 11.7. The van der Waals surface area contributed by atoms with E-state index in [1.165, 1.54) is 0 Å². The maximum Gasteiger partial charge on any atom is 0.122 e. The van der Waals surface area contributed by atoms with Gasteiger partial charge in [-0.1, -0.05) is 25.1 Å². The summed E-state index contributed by atoms with van der Waals surface area (Å²) in [5, 5.41) is 15.5. The number of ether oxygens (including phenoxy) is 1. The van der Waals surface area contributed by atoms with Gasteiger partial charge in [0.2, 0.25) is 0 Å². The van der Waals surface area contributed by atoms with Crippen LogP contribution in [-0.2, 0) is 6.42 Å². The van der Waals surface area contributed by atoms with Crippen LogP contribution in [0.4, 0.5) is 0 Å². The molecule has 0 radical (unpaired) electrons. The van der Waals surface area contributed by atoms with Gasteiger partial charge in [0.15, 0.2) is 0 Å². The minimum atomic E-state index is 0.501. The molecule has 0 amide bonds. The summed E-state index contributed by atoms with van der Waals surface area (Å²) in [4.78, 5) is 0. The summed E-state index contributed by atoms with van der Waals surface area (Å²) in [6.07, 6.45) is 3.54. The maximum atomic E-state index is 8.85. The molecule has 0 aliphatic carbocycles. The van der Waals surface area contributed by atoms with Gasteiger partial charge in [0.1, 0.15) is 5.75 Å². The van der Waals surface area contributed by atoms with Crippen molar-refractivity contribution in [2.45, 2.75) is 39.7 Å². The predicted molar refractivity (Wildman–Crippen MR) is 87.6 cm³/mol. The lowest BCUT2D eigenvalue weighted by atomic mass is 10.0. The highest BCUT2D eigenvalue weighted by Gasteiger charge is 2.06. The second kappa shape index (κ2) is 9.19. The second-order valence-corrected chi connectivity index (χ2v) is 5.31. The zero-order valence-corrected chi connectivity index (χ0v) is 13.2. The van der Waals surface area contributed by atoms with Crippen molar-refractivity contribution in [3.05, 3.63) is 42.0 Å². The van der Waals surface area contributed by atoms with Crippen molar-refractivity contribution >= 4 is 5.71 Å². The van der Waals surface area contributed by atoms with E-state index in [4.69, 9.17) is 9.94 Å². The Hall–Kier alpha value is -1.81. The fraction of sp³-hybridized carbons (Fsp3) is 0.471. The predicted octanol–water partition coefficient (Wildman–Crippen LogP) is 3.38. The van der Waals surface area contributed by atoms with Gasteiger partial charge in [0.25, 0.3) is 0 Å². The Morgan fingerprint density at radius 2 is 2.24 bits per heavy atom. The van der Waals surface area contributed by atoms with Gasteiger partial charge in [-0.15, -0.1) is 6.58 Å². The topological polar surface area (TPSA) is 53.9 Å². The van der Waals surface area contributed by atoms with Gasteiger partial charge in [-0.3, -0.25) is 0 Å². The van der Waals surface area contributed by atoms with E-state index < -0.39 is 0 Å². The molecule has 2 N–H and O–H groups in total. The number of benzene rings is 1. The fourth-order valence-corrected chi connectivity index (χ4v) is 1.96. The van der Waals surface area contributed by atoms with Gasteiger partial charge in [-0.05, 0) is 55.6 Å². The van der Waals surface area contributed by atoms with Crippen LogP contribution < -0.4 is 10.1 Å². The van der Waals surface area contributed by atoms with Crippen molar-refractivity contribution in [1.82, 2.24) is 5.32 Å². The molecule has 1 aromatic carbocycles. The highest BCUT2D eigenvalue weighted by Crippen LogP contribution is 2.22. The first-order valence-corrected chi connectivity index (χ1v) is 7.37. The third-order valence-corrected chi connectivity index (χ3v) is 3.12. The van der Waals surface area contributed by atoms with E-state index in [1.807, 2.05) is 24.3 Å². The van der Waals surface area contributed by atoms with E-state index in [-0.39, 0.29) is 0 Å². The molecule has 0 bridgehead atoms. The Labute approximate surface area is 127 Å². The number of hydrogen-bond donors (Lipinski definition) is 2. The number of allylic oxidation sites excluding steroid dienone is 1. The molecule has 1 aromatic rings. The molecule has 0 saturated carbocycles. The summed E-state index contributed by atoms with van der Waals surface area (Å²) in [6.45, 7) is 11.4. The highest BCUT2D eigenvalue weighted by molar-refractivity contribution is 5.98. The first-order chi connectivity index (χ1) is 10.1. The smallest absolute Gasteiger partial charge is 0.122 e. The van der Waals surface area contributed by atoms with E-state index in [2.05, 4.69) is 30.9 Å². The minimum absolute atomic E-state index is 0.501. The Kier molecular flexibility index (Phi) is 7.54. The largest absolute Gasteiger partial charge is 0.493 e. The molecule has 21 heavy (non-hydrogen) atoms. The van der Waals surface area contributed by atoms with Crippen molar-refractivity contribution in [3.63, 3.8) is 0 Å². The first-order valence-electron chi connectivity index (χ1n) is 7.37. The summed E-state index contributed by atoms with van der Waals surface area (Å²) in [5.74, 6) is 0.869. The van der Waals surface area contributed by atoms with Crippen LogP contribution in [0.15, 0.2) is 36.0 Å². The van der Waals surface area contributed by atoms with Crippen molar-refractivity contribution in [2.24, 2.45) is 5.16 Å². The van der Waals surface area contributed by atoms with Gasteiger partial charge < -0.3 is 15.3 Å². The Morgan fingerprint density at radius 1 is 1.48 bits per heavy atom. The van der Waals surface area contributed by atoms with Crippen molar-refractivity contribution < 1.29 is 9.94 Å². The van der Waals surface area contributed by atoms with Gasteiger partial charge in [-0.25, -0.2) is 0 Å². The molecule has 0 unspecified atom stereocenters. The van der Waals surface area contributed by atoms with Crippen molar-refractivity contribution in [2.75, 3.05) is 13.2 Å². The van der Waals surface area contributed by atoms with Crippen LogP contribution in [0, 0.1) is 0 Å². The van der Waals surface area contributed by atoms with E-state index in [0.717, 1.165) is 36.3 Å². The molecule has 0 aromatic heterocycles. The molecule has 4 nitrogen and oxygen atoms in total. The summed E-state index contributed by atoms with van der Waals surface area (Å²) in [7, 11) is 0. The molecule has 4 heteroatoms. The average molecular weight is 290 g/mol. The zero-order chi connectivity index (χ0) is 15.7. The number of nitrogens with zero attached hydrogens (tertiary/aromatic N) is 1. The number of oxime groups is 1. The summed E-state index contributed by atoms with van der Waals surface area (Å²) in [5.41, 5.74) is 2.54. The third-order valence-electron chi connectivity index (χ3n) is 3.12. The Bertz CT molecular complexity index is 482. The molecule has 116 valence electrons. The number of nitrogens with one attached hydrogen (secondary N) is 1. The van der Waals surface area contributed by atoms with Crippen LogP contribution in [0.25, 0.3) is 0 Å². The van der Waals surface area contributed by atoms with Crippen LogP contribution >= 0.6 is 0 Å². The lowest BCUT2D eigenvalue weighted by Gasteiger charge is -2.13. The molecule has 0 atom stereocenters. The van der Waals surface area contributed by atoms with Gasteiger partial charge in [-0.2, -0.15) is 0 Å². The number of rotatable bonds is 9. The van der Waals surface area contributed by atoms with Crippen molar-refractivity contribution in [1.29, 1.82) is 0 Å². The Morgan fingerprint density at radius 3 is 2.86 bits per heavy atom. The SMILES string of the molecule is C=CCc1cc(C(C)=NO)ccc1OCCCNC(C)C. The molecular formula is C17H26N2O2. The standard InChI is InChI=1S/C17H26N2O2/c1-5-7-16-12-15(14(4)19-20)8-9-17(16)21-11-6-10-18-13(2)3/h5,8-9,12-13,18,20H,1,6-7,10-11H2,2-4H3. The summed E-state index contributed by atoms with van der Waals surface area (Å²) < 4.78 is 5.85. The van der Waals surface area contributed by atoms with E-state index in [1.54, 1.807) is 6.92 Å². The van der Waals surface area contributed by atoms with Crippen LogP contribution in [0.1, 0.15) is 38.3 Å². The molecular weight excluding hydrogens is 264 g/mol. The van der Waals surface area contributed by atoms with Crippen LogP contribution in [0.3, 0.4) is 0 Å². The molecule has 0 heterocycles. The van der Waals surface area contributed by atoms with Gasteiger partial charge >= 0.3 is 0 Å². The molecule has 0 spiro atoms. The van der Waals surface area contributed by atoms with Crippen LogP contribution in [0.5, 0.6) is 5.75 Å². The monoisotopic (exact) mass is 290 g/mol. The van der Waals surface area contributed by atoms with Crippen molar-refractivity contribution in [3.8, 4) is 5.75 Å². The fourth-order valence-electron chi connectivity index (χ4n) is 1.96. The van der Waals surface area contributed by atoms with E-state index in [9.17, 15) is 0 Å². The molecule has 0 fully saturated rings. The summed E-state index contributed by atoms with van der Waals surface area (Å²) in [6, 6.07) is 6.32. The third kappa shape index (κ3) is 6.00. The quantitative estimate of drug-likeness (QED) is 0.241. The zero-order valence-electron chi connectivity index (χ0n) is 13.2. The molecule has 0 aliphatic heterocycles. The number of hydrogen-bond acceptors (Lipinski definition) is 4. The molecule has 0 aliphatic rings. The molecule has 1 rings (SSSR count). The highest BCUT2D eigenvalue weighted by atomic mass is 16.5. The second-order valence-electron chi connectivity index (χ2n) is 5.31. The lowest BCUT2D eigenvalue weighted by Crippen LogP contribution is -2.24. The van der Waals surface area contributed by atoms with Gasteiger partial charge in [0, 0.05) is 6.04 Å². The molecule has 0 saturated heterocycles. The van der Waals surface area contributed by atoms with E-state index >= 15 is 0 Å². The van der Waals surface area contributed by atoms with Crippen LogP contribution in [0.2, 0.25) is 0 Å². The lowest BCUT2D eigenvalue weighted by molar-refractivity contribution is 0.303. The Balaban J connectivity index is 2.66. The van der Waals surface area contributed by atoms with E-state index in [0.29, 0.717) is 18.4 Å². The average Bonchev–Trinajstić information content (AvgIpc) is 2.47. The van der Waals surface area contributed by atoms with Gasteiger partial charge in [0.05, 0.1) is 12.3 Å². The maximum absolute atomic E-state index is 8.85. The summed E-state index contributed by atoms with van der Waals surface area (Å²) >= 11 is 0.